The van der Waals surface area contributed by atoms with Crippen molar-refractivity contribution >= 4 is 11.6 Å². The zero-order valence-corrected chi connectivity index (χ0v) is 12.1. The summed E-state index contributed by atoms with van der Waals surface area (Å²) in [5, 5.41) is 19.7. The van der Waals surface area contributed by atoms with Crippen molar-refractivity contribution in [2.45, 2.75) is 53.1 Å². The molecule has 0 aromatic carbocycles. The fourth-order valence-corrected chi connectivity index (χ4v) is 2.35. The lowest BCUT2D eigenvalue weighted by atomic mass is 9.91. The molecule has 0 spiro atoms. The molecule has 0 amide bonds. The molecule has 4 heteroatoms. The number of aliphatic hydroxyl groups excluding tert-OH is 2. The second-order valence-electron chi connectivity index (χ2n) is 6.17. The average molecular weight is 268 g/mol. The normalized spacial score (nSPS) is 23.8. The van der Waals surface area contributed by atoms with E-state index in [4.69, 9.17) is 0 Å². The molecule has 1 aliphatic rings. The average Bonchev–Trinajstić information content (AvgIpc) is 2.47. The summed E-state index contributed by atoms with van der Waals surface area (Å²) in [7, 11) is 0. The van der Waals surface area contributed by atoms with Gasteiger partial charge in [0.25, 0.3) is 0 Å². The molecule has 2 atom stereocenters. The molecule has 1 aliphatic carbocycles. The Balaban J connectivity index is 2.83. The van der Waals surface area contributed by atoms with Crippen LogP contribution < -0.4 is 0 Å². The van der Waals surface area contributed by atoms with Crippen molar-refractivity contribution < 1.29 is 19.8 Å². The van der Waals surface area contributed by atoms with Gasteiger partial charge in [0.1, 0.15) is 17.4 Å². The molecule has 19 heavy (non-hydrogen) atoms. The van der Waals surface area contributed by atoms with Crippen molar-refractivity contribution in [2.24, 2.45) is 17.8 Å². The molecule has 0 radical (unpaired) electrons. The third-order valence-electron chi connectivity index (χ3n) is 3.43. The highest BCUT2D eigenvalue weighted by molar-refractivity contribution is 6.23. The summed E-state index contributed by atoms with van der Waals surface area (Å²) in [5.74, 6) is -1.30. The summed E-state index contributed by atoms with van der Waals surface area (Å²) in [6, 6.07) is 0. The zero-order chi connectivity index (χ0) is 14.7. The van der Waals surface area contributed by atoms with Gasteiger partial charge in [-0.1, -0.05) is 34.1 Å². The van der Waals surface area contributed by atoms with Gasteiger partial charge in [0.2, 0.25) is 0 Å². The van der Waals surface area contributed by atoms with Gasteiger partial charge < -0.3 is 10.2 Å². The molecule has 0 fully saturated rings. The standard InChI is InChI=1S/C15H24O4/c1-8(2)5-6-10-13(17)12(15(19)14(10)18)11(16)7-9(3)4/h8-10,14,18-19H,5-7H2,1-4H3. The fraction of sp³-hybridized carbons (Fsp3) is 0.733. The Hall–Kier alpha value is -1.16. The molecule has 0 heterocycles. The van der Waals surface area contributed by atoms with Crippen molar-refractivity contribution in [3.8, 4) is 0 Å². The first-order chi connectivity index (χ1) is 8.75. The Kier molecular flexibility index (Phi) is 5.29. The summed E-state index contributed by atoms with van der Waals surface area (Å²) in [4.78, 5) is 24.1. The molecular weight excluding hydrogens is 244 g/mol. The SMILES string of the molecule is CC(C)CCC1C(=O)C(C(=O)CC(C)C)=C(O)C1O. The van der Waals surface area contributed by atoms with Crippen molar-refractivity contribution in [1.82, 2.24) is 0 Å². The summed E-state index contributed by atoms with van der Waals surface area (Å²) in [6.45, 7) is 7.82. The molecule has 0 aliphatic heterocycles. The molecule has 0 aromatic heterocycles. The highest BCUT2D eigenvalue weighted by Gasteiger charge is 2.43. The first kappa shape index (κ1) is 15.9. The summed E-state index contributed by atoms with van der Waals surface area (Å²) >= 11 is 0. The van der Waals surface area contributed by atoms with Crippen LogP contribution in [0.3, 0.4) is 0 Å². The van der Waals surface area contributed by atoms with Gasteiger partial charge in [-0.05, 0) is 18.3 Å². The van der Waals surface area contributed by atoms with Gasteiger partial charge in [0.15, 0.2) is 11.6 Å². The Labute approximate surface area is 114 Å². The maximum atomic E-state index is 12.2. The van der Waals surface area contributed by atoms with Crippen LogP contribution in [0.1, 0.15) is 47.0 Å². The molecular formula is C15H24O4. The smallest absolute Gasteiger partial charge is 0.176 e. The van der Waals surface area contributed by atoms with Crippen LogP contribution in [0.15, 0.2) is 11.3 Å². The predicted molar refractivity (Wildman–Crippen MR) is 72.7 cm³/mol. The molecule has 0 bridgehead atoms. The number of rotatable bonds is 6. The Morgan fingerprint density at radius 2 is 1.79 bits per heavy atom. The van der Waals surface area contributed by atoms with Crippen molar-refractivity contribution in [3.05, 3.63) is 11.3 Å². The zero-order valence-electron chi connectivity index (χ0n) is 12.1. The lowest BCUT2D eigenvalue weighted by Gasteiger charge is -2.14. The summed E-state index contributed by atoms with van der Waals surface area (Å²) in [5.41, 5.74) is -0.171. The molecule has 108 valence electrons. The van der Waals surface area contributed by atoms with E-state index < -0.39 is 23.6 Å². The van der Waals surface area contributed by atoms with Crippen LogP contribution in [0, 0.1) is 17.8 Å². The minimum Gasteiger partial charge on any atom is -0.509 e. The summed E-state index contributed by atoms with van der Waals surface area (Å²) < 4.78 is 0. The van der Waals surface area contributed by atoms with Gasteiger partial charge in [-0.15, -0.1) is 0 Å². The number of aliphatic hydroxyl groups is 2. The third kappa shape index (κ3) is 3.66. The second-order valence-corrected chi connectivity index (χ2v) is 6.17. The topological polar surface area (TPSA) is 74.6 Å². The monoisotopic (exact) mass is 268 g/mol. The molecule has 4 nitrogen and oxygen atoms in total. The number of Topliss-reactive ketones (excluding diaryl/α,β-unsaturated/α-hetero) is 2. The number of carbonyl (C=O) groups excluding carboxylic acids is 2. The van der Waals surface area contributed by atoms with E-state index in [0.29, 0.717) is 12.3 Å². The lowest BCUT2D eigenvalue weighted by molar-refractivity contribution is -0.124. The fourth-order valence-electron chi connectivity index (χ4n) is 2.35. The van der Waals surface area contributed by atoms with E-state index in [1.54, 1.807) is 0 Å². The van der Waals surface area contributed by atoms with E-state index in [9.17, 15) is 19.8 Å². The molecule has 0 saturated heterocycles. The Morgan fingerprint density at radius 1 is 1.21 bits per heavy atom. The van der Waals surface area contributed by atoms with E-state index in [1.165, 1.54) is 0 Å². The first-order valence-corrected chi connectivity index (χ1v) is 6.94. The van der Waals surface area contributed by atoms with Crippen LogP contribution in [0.25, 0.3) is 0 Å². The van der Waals surface area contributed by atoms with Crippen LogP contribution in [0.5, 0.6) is 0 Å². The van der Waals surface area contributed by atoms with Gasteiger partial charge in [-0.3, -0.25) is 9.59 Å². The maximum absolute atomic E-state index is 12.2. The Morgan fingerprint density at radius 3 is 2.26 bits per heavy atom. The molecule has 2 N–H and O–H groups in total. The largest absolute Gasteiger partial charge is 0.509 e. The minimum atomic E-state index is -1.21. The molecule has 0 aromatic rings. The van der Waals surface area contributed by atoms with E-state index >= 15 is 0 Å². The van der Waals surface area contributed by atoms with E-state index in [0.717, 1.165) is 6.42 Å². The predicted octanol–water partition coefficient (Wildman–Crippen LogP) is 2.41. The van der Waals surface area contributed by atoms with E-state index in [-0.39, 0.29) is 23.7 Å². The number of ketones is 2. The third-order valence-corrected chi connectivity index (χ3v) is 3.43. The van der Waals surface area contributed by atoms with Crippen LogP contribution in [-0.4, -0.2) is 27.9 Å². The summed E-state index contributed by atoms with van der Waals surface area (Å²) in [6.07, 6.45) is 0.291. The van der Waals surface area contributed by atoms with Gasteiger partial charge in [-0.2, -0.15) is 0 Å². The quantitative estimate of drug-likeness (QED) is 0.725. The van der Waals surface area contributed by atoms with Crippen LogP contribution >= 0.6 is 0 Å². The van der Waals surface area contributed by atoms with E-state index in [2.05, 4.69) is 0 Å². The number of allylic oxidation sites excluding steroid dienone is 1. The van der Waals surface area contributed by atoms with Crippen LogP contribution in [-0.2, 0) is 9.59 Å². The maximum Gasteiger partial charge on any atom is 0.176 e. The van der Waals surface area contributed by atoms with Crippen molar-refractivity contribution in [1.29, 1.82) is 0 Å². The van der Waals surface area contributed by atoms with Crippen molar-refractivity contribution in [3.63, 3.8) is 0 Å². The molecule has 2 unspecified atom stereocenters. The van der Waals surface area contributed by atoms with Crippen molar-refractivity contribution in [2.75, 3.05) is 0 Å². The van der Waals surface area contributed by atoms with Gasteiger partial charge in [-0.25, -0.2) is 0 Å². The highest BCUT2D eigenvalue weighted by Crippen LogP contribution is 2.32. The number of hydrogen-bond acceptors (Lipinski definition) is 4. The Bertz CT molecular complexity index is 393. The van der Waals surface area contributed by atoms with E-state index in [1.807, 2.05) is 27.7 Å². The highest BCUT2D eigenvalue weighted by atomic mass is 16.3. The molecule has 1 rings (SSSR count). The lowest BCUT2D eigenvalue weighted by Crippen LogP contribution is -2.24. The minimum absolute atomic E-state index is 0.118. The molecule has 0 saturated carbocycles. The van der Waals surface area contributed by atoms with Gasteiger partial charge >= 0.3 is 0 Å². The van der Waals surface area contributed by atoms with Crippen LogP contribution in [0.4, 0.5) is 0 Å². The second kappa shape index (κ2) is 6.33. The number of carbonyl (C=O) groups is 2. The van der Waals surface area contributed by atoms with Gasteiger partial charge in [0, 0.05) is 6.42 Å². The first-order valence-electron chi connectivity index (χ1n) is 6.94. The van der Waals surface area contributed by atoms with Gasteiger partial charge in [0.05, 0.1) is 5.92 Å². The van der Waals surface area contributed by atoms with Crippen LogP contribution in [0.2, 0.25) is 0 Å². The number of hydrogen-bond donors (Lipinski definition) is 2.